The van der Waals surface area contributed by atoms with E-state index in [1.807, 2.05) is 67.5 Å². The summed E-state index contributed by atoms with van der Waals surface area (Å²) in [5, 5.41) is 2.79. The van der Waals surface area contributed by atoms with Gasteiger partial charge in [0.2, 0.25) is 0 Å². The van der Waals surface area contributed by atoms with Crippen LogP contribution in [-0.4, -0.2) is 36.6 Å². The van der Waals surface area contributed by atoms with E-state index in [-0.39, 0.29) is 6.54 Å². The van der Waals surface area contributed by atoms with E-state index in [4.69, 9.17) is 25.5 Å². The van der Waals surface area contributed by atoms with Crippen molar-refractivity contribution >= 4 is 30.7 Å². The van der Waals surface area contributed by atoms with Crippen molar-refractivity contribution in [2.24, 2.45) is 0 Å². The minimum absolute atomic E-state index is 0.203. The highest BCUT2D eigenvalue weighted by atomic mass is 16.7. The molecule has 1 aromatic carbocycles. The van der Waals surface area contributed by atoms with Gasteiger partial charge < -0.3 is 30.8 Å². The monoisotopic (exact) mass is 403 g/mol. The van der Waals surface area contributed by atoms with E-state index in [9.17, 15) is 4.79 Å². The van der Waals surface area contributed by atoms with Crippen molar-refractivity contribution in [3.63, 3.8) is 0 Å². The van der Waals surface area contributed by atoms with E-state index < -0.39 is 30.0 Å². The molecule has 0 bridgehead atoms. The minimum Gasteiger partial charge on any atom is -0.444 e. The molecule has 0 spiro atoms. The number of alkyl carbamates (subject to hydrolysis) is 1. The molecule has 1 fully saturated rings. The summed E-state index contributed by atoms with van der Waals surface area (Å²) in [5.41, 5.74) is 13.9. The zero-order valence-corrected chi connectivity index (χ0v) is 18.8. The van der Waals surface area contributed by atoms with Crippen LogP contribution in [0.25, 0.3) is 6.08 Å². The predicted octanol–water partition coefficient (Wildman–Crippen LogP) is 3.70. The number of hydrogen-bond acceptors (Lipinski definition) is 6. The van der Waals surface area contributed by atoms with Crippen LogP contribution < -0.4 is 16.8 Å². The second kappa shape index (κ2) is 7.92. The molecule has 0 atom stereocenters. The number of carbonyl (C=O) groups excluding carboxylic acids is 1. The van der Waals surface area contributed by atoms with E-state index in [1.165, 1.54) is 0 Å². The number of nitrogens with one attached hydrogen (secondary N) is 1. The van der Waals surface area contributed by atoms with Crippen molar-refractivity contribution in [2.75, 3.05) is 18.0 Å². The first-order valence-corrected chi connectivity index (χ1v) is 9.80. The fraction of sp³-hybridized carbons (Fsp3) is 0.571. The van der Waals surface area contributed by atoms with Crippen LogP contribution >= 0.6 is 0 Å². The third-order valence-electron chi connectivity index (χ3n) is 5.18. The third kappa shape index (κ3) is 5.67. The molecule has 1 aliphatic rings. The Morgan fingerprint density at radius 2 is 1.72 bits per heavy atom. The number of hydrogen-bond donors (Lipinski definition) is 3. The average molecular weight is 403 g/mol. The molecular formula is C21H34BN3O4. The standard InChI is InChI=1S/C21H34BN3O4/c1-13-9-14(11-16(23)17(13)24)10-15(12-25-18(26)27-19(2,3)4)22-28-20(5,6)21(7,8)29-22/h9-11H,12,23-24H2,1-8H3,(H,25,26). The number of benzene rings is 1. The molecule has 160 valence electrons. The first-order valence-electron chi connectivity index (χ1n) is 9.80. The Hall–Kier alpha value is -2.19. The van der Waals surface area contributed by atoms with E-state index >= 15 is 0 Å². The van der Waals surface area contributed by atoms with Gasteiger partial charge in [-0.25, -0.2) is 4.79 Å². The maximum absolute atomic E-state index is 12.2. The molecule has 0 aliphatic carbocycles. The average Bonchev–Trinajstić information content (AvgIpc) is 2.75. The normalized spacial score (nSPS) is 18.6. The summed E-state index contributed by atoms with van der Waals surface area (Å²) in [6.07, 6.45) is 1.40. The summed E-state index contributed by atoms with van der Waals surface area (Å²) in [7, 11) is -0.617. The molecule has 8 heteroatoms. The summed E-state index contributed by atoms with van der Waals surface area (Å²) in [4.78, 5) is 12.2. The van der Waals surface area contributed by atoms with Gasteiger partial charge in [0, 0.05) is 6.54 Å². The lowest BCUT2D eigenvalue weighted by Gasteiger charge is -2.32. The highest BCUT2D eigenvalue weighted by molar-refractivity contribution is 6.56. The van der Waals surface area contributed by atoms with Gasteiger partial charge in [0.1, 0.15) is 5.60 Å². The van der Waals surface area contributed by atoms with Gasteiger partial charge in [-0.2, -0.15) is 0 Å². The molecule has 1 aromatic rings. The van der Waals surface area contributed by atoms with Crippen molar-refractivity contribution in [2.45, 2.75) is 72.2 Å². The molecule has 0 radical (unpaired) electrons. The van der Waals surface area contributed by atoms with Crippen LogP contribution in [0.5, 0.6) is 0 Å². The maximum atomic E-state index is 12.2. The molecule has 1 amide bonds. The number of nitrogens with two attached hydrogens (primary N) is 2. The van der Waals surface area contributed by atoms with Crippen molar-refractivity contribution < 1.29 is 18.8 Å². The Labute approximate surface area is 174 Å². The Balaban J connectivity index is 2.32. The third-order valence-corrected chi connectivity index (χ3v) is 5.18. The second-order valence-electron chi connectivity index (χ2n) is 9.50. The first-order chi connectivity index (χ1) is 13.1. The van der Waals surface area contributed by atoms with E-state index in [0.717, 1.165) is 16.6 Å². The zero-order chi connectivity index (χ0) is 22.2. The minimum atomic E-state index is -0.617. The topological polar surface area (TPSA) is 109 Å². The van der Waals surface area contributed by atoms with Crippen molar-refractivity contribution in [1.29, 1.82) is 0 Å². The van der Waals surface area contributed by atoms with Crippen molar-refractivity contribution in [3.05, 3.63) is 28.7 Å². The van der Waals surface area contributed by atoms with E-state index in [2.05, 4.69) is 5.32 Å². The smallest absolute Gasteiger partial charge is 0.444 e. The molecular weight excluding hydrogens is 369 g/mol. The van der Waals surface area contributed by atoms with Crippen LogP contribution in [0.1, 0.15) is 59.6 Å². The van der Waals surface area contributed by atoms with Crippen LogP contribution in [0.3, 0.4) is 0 Å². The summed E-state index contributed by atoms with van der Waals surface area (Å²) in [5.74, 6) is 0. The van der Waals surface area contributed by atoms with Crippen LogP contribution in [-0.2, 0) is 14.0 Å². The molecule has 0 aromatic heterocycles. The quantitative estimate of drug-likeness (QED) is 0.523. The summed E-state index contributed by atoms with van der Waals surface area (Å²) in [6.45, 7) is 15.5. The lowest BCUT2D eigenvalue weighted by atomic mass is 9.77. The van der Waals surface area contributed by atoms with Crippen molar-refractivity contribution in [3.8, 4) is 0 Å². The van der Waals surface area contributed by atoms with Gasteiger partial charge in [0.25, 0.3) is 0 Å². The molecule has 2 rings (SSSR count). The van der Waals surface area contributed by atoms with Gasteiger partial charge in [-0.1, -0.05) is 6.08 Å². The summed E-state index contributed by atoms with van der Waals surface area (Å²) < 4.78 is 17.7. The Morgan fingerprint density at radius 1 is 1.17 bits per heavy atom. The van der Waals surface area contributed by atoms with Gasteiger partial charge in [0.05, 0.1) is 22.6 Å². The molecule has 1 aliphatic heterocycles. The number of amides is 1. The second-order valence-corrected chi connectivity index (χ2v) is 9.50. The fourth-order valence-corrected chi connectivity index (χ4v) is 2.84. The van der Waals surface area contributed by atoms with Gasteiger partial charge in [0.15, 0.2) is 0 Å². The lowest BCUT2D eigenvalue weighted by Crippen LogP contribution is -2.41. The zero-order valence-electron chi connectivity index (χ0n) is 18.8. The number of anilines is 2. The van der Waals surface area contributed by atoms with Crippen LogP contribution in [0, 0.1) is 6.92 Å². The Morgan fingerprint density at radius 3 is 2.21 bits per heavy atom. The van der Waals surface area contributed by atoms with Crippen LogP contribution in [0.2, 0.25) is 0 Å². The van der Waals surface area contributed by atoms with Crippen LogP contribution in [0.4, 0.5) is 16.2 Å². The first kappa shape index (κ1) is 23.1. The number of rotatable bonds is 4. The van der Waals surface area contributed by atoms with Gasteiger partial charge in [-0.05, 0) is 84.1 Å². The van der Waals surface area contributed by atoms with Crippen LogP contribution in [0.15, 0.2) is 17.6 Å². The Kier molecular flexibility index (Phi) is 6.30. The fourth-order valence-electron chi connectivity index (χ4n) is 2.84. The summed E-state index contributed by atoms with van der Waals surface area (Å²) >= 11 is 0. The lowest BCUT2D eigenvalue weighted by molar-refractivity contribution is 0.00578. The van der Waals surface area contributed by atoms with Crippen molar-refractivity contribution in [1.82, 2.24) is 5.32 Å². The number of nitrogen functional groups attached to an aromatic ring is 2. The molecule has 29 heavy (non-hydrogen) atoms. The van der Waals surface area contributed by atoms with E-state index in [1.54, 1.807) is 6.07 Å². The SMILES string of the molecule is Cc1cc(C=C(CNC(=O)OC(C)(C)C)B2OC(C)(C)C(C)(C)O2)cc(N)c1N. The number of aryl methyl sites for hydroxylation is 1. The van der Waals surface area contributed by atoms with Gasteiger partial charge in [-0.3, -0.25) is 0 Å². The highest BCUT2D eigenvalue weighted by Crippen LogP contribution is 2.39. The Bertz CT molecular complexity index is 774. The summed E-state index contributed by atoms with van der Waals surface area (Å²) in [6, 6.07) is 3.73. The largest absolute Gasteiger partial charge is 0.492 e. The molecule has 0 unspecified atom stereocenters. The maximum Gasteiger partial charge on any atom is 0.492 e. The molecule has 1 heterocycles. The van der Waals surface area contributed by atoms with E-state index in [0.29, 0.717) is 11.4 Å². The number of carbonyl (C=O) groups is 1. The molecule has 0 saturated carbocycles. The predicted molar refractivity (Wildman–Crippen MR) is 118 cm³/mol. The van der Waals surface area contributed by atoms with Gasteiger partial charge >= 0.3 is 13.2 Å². The van der Waals surface area contributed by atoms with Gasteiger partial charge in [-0.15, -0.1) is 0 Å². The number of ether oxygens (including phenoxy) is 1. The molecule has 7 nitrogen and oxygen atoms in total. The molecule has 5 N–H and O–H groups in total. The molecule has 1 saturated heterocycles. The highest BCUT2D eigenvalue weighted by Gasteiger charge is 2.52.